The fourth-order valence-electron chi connectivity index (χ4n) is 0.274. The lowest BCUT2D eigenvalue weighted by molar-refractivity contribution is 0.685. The van der Waals surface area contributed by atoms with Gasteiger partial charge in [-0.25, -0.2) is 0 Å². The average Bonchev–Trinajstić information content (AvgIpc) is 1.68. The van der Waals surface area contributed by atoms with Crippen molar-refractivity contribution in [2.24, 2.45) is 0 Å². The van der Waals surface area contributed by atoms with Crippen LogP contribution in [0.25, 0.3) is 0 Å². The average molecular weight is 220 g/mol. The van der Waals surface area contributed by atoms with Gasteiger partial charge in [0.25, 0.3) is 0 Å². The van der Waals surface area contributed by atoms with Crippen LogP contribution >= 0.6 is 27.5 Å². The van der Waals surface area contributed by atoms with Crippen LogP contribution in [0.4, 0.5) is 0 Å². The Labute approximate surface area is 65.4 Å². The first kappa shape index (κ1) is 8.92. The molecule has 0 aliphatic rings. The van der Waals surface area contributed by atoms with E-state index >= 15 is 0 Å². The van der Waals surface area contributed by atoms with E-state index < -0.39 is 10.8 Å². The zero-order chi connectivity index (χ0) is 6.41. The molecule has 1 atom stereocenters. The van der Waals surface area contributed by atoms with Crippen LogP contribution in [0, 0.1) is 0 Å². The van der Waals surface area contributed by atoms with Crippen molar-refractivity contribution in [2.45, 2.75) is 0 Å². The molecule has 0 bridgehead atoms. The topological polar surface area (TPSA) is 17.1 Å². The van der Waals surface area contributed by atoms with Gasteiger partial charge < -0.3 is 0 Å². The first-order valence-corrected chi connectivity index (χ1v) is 5.42. The second kappa shape index (κ2) is 6.05. The van der Waals surface area contributed by atoms with Crippen LogP contribution in [0.5, 0.6) is 0 Å². The van der Waals surface area contributed by atoms with Crippen molar-refractivity contribution in [2.75, 3.05) is 22.7 Å². The highest BCUT2D eigenvalue weighted by molar-refractivity contribution is 9.09. The van der Waals surface area contributed by atoms with E-state index in [1.54, 1.807) is 0 Å². The maximum atomic E-state index is 10.6. The Kier molecular flexibility index (Phi) is 6.74. The molecule has 0 N–H and O–H groups in total. The van der Waals surface area contributed by atoms with Gasteiger partial charge in [-0.15, -0.1) is 11.6 Å². The van der Waals surface area contributed by atoms with E-state index in [2.05, 4.69) is 15.9 Å². The summed E-state index contributed by atoms with van der Waals surface area (Å²) in [5.41, 5.74) is 0. The van der Waals surface area contributed by atoms with Crippen molar-refractivity contribution in [1.29, 1.82) is 0 Å². The molecular weight excluding hydrogens is 211 g/mol. The van der Waals surface area contributed by atoms with Crippen molar-refractivity contribution in [3.8, 4) is 0 Å². The molecule has 0 saturated heterocycles. The molecule has 0 aliphatic heterocycles. The smallest absolute Gasteiger partial charge is 0.0371 e. The zero-order valence-electron chi connectivity index (χ0n) is 4.40. The van der Waals surface area contributed by atoms with Crippen molar-refractivity contribution >= 4 is 38.3 Å². The standard InChI is InChI=1S/C4H8BrClOS/c5-1-3-8(7)4-2-6/h1-4H2. The lowest BCUT2D eigenvalue weighted by Gasteiger charge is -1.91. The molecule has 8 heavy (non-hydrogen) atoms. The van der Waals surface area contributed by atoms with E-state index in [0.29, 0.717) is 17.4 Å². The Hall–Kier alpha value is 0.920. The molecule has 1 unspecified atom stereocenters. The number of halogens is 2. The third kappa shape index (κ3) is 5.06. The van der Waals surface area contributed by atoms with Gasteiger partial charge in [0.1, 0.15) is 0 Å². The summed E-state index contributed by atoms with van der Waals surface area (Å²) in [6.07, 6.45) is 0. The predicted molar refractivity (Wildman–Crippen MR) is 42.4 cm³/mol. The molecule has 0 fully saturated rings. The van der Waals surface area contributed by atoms with Crippen LogP contribution in [0.1, 0.15) is 0 Å². The van der Waals surface area contributed by atoms with Crippen LogP contribution in [-0.4, -0.2) is 26.9 Å². The normalized spacial score (nSPS) is 13.8. The van der Waals surface area contributed by atoms with Gasteiger partial charge in [0.15, 0.2) is 0 Å². The quantitative estimate of drug-likeness (QED) is 0.653. The minimum absolute atomic E-state index is 0.500. The summed E-state index contributed by atoms with van der Waals surface area (Å²) in [4.78, 5) is 0. The molecule has 0 aliphatic carbocycles. The van der Waals surface area contributed by atoms with Gasteiger partial charge in [0.2, 0.25) is 0 Å². The van der Waals surface area contributed by atoms with Crippen LogP contribution in [0.3, 0.4) is 0 Å². The fourth-order valence-corrected chi connectivity index (χ4v) is 2.42. The number of alkyl halides is 2. The number of hydrogen-bond donors (Lipinski definition) is 0. The molecule has 0 aromatic carbocycles. The van der Waals surface area contributed by atoms with E-state index in [4.69, 9.17) is 11.6 Å². The molecule has 0 radical (unpaired) electrons. The molecular formula is C4H8BrClOS. The van der Waals surface area contributed by atoms with Gasteiger partial charge in [-0.3, -0.25) is 4.21 Å². The van der Waals surface area contributed by atoms with Gasteiger partial charge in [-0.05, 0) is 0 Å². The van der Waals surface area contributed by atoms with Crippen molar-refractivity contribution < 1.29 is 4.21 Å². The molecule has 4 heteroatoms. The molecule has 0 rings (SSSR count). The zero-order valence-corrected chi connectivity index (χ0v) is 7.56. The first-order chi connectivity index (χ1) is 3.81. The summed E-state index contributed by atoms with van der Waals surface area (Å²) in [7, 11) is -0.699. The molecule has 0 spiro atoms. The molecule has 0 heterocycles. The van der Waals surface area contributed by atoms with Gasteiger partial charge in [0.05, 0.1) is 0 Å². The van der Waals surface area contributed by atoms with Crippen LogP contribution < -0.4 is 0 Å². The lowest BCUT2D eigenvalue weighted by atomic mass is 10.9. The second-order valence-electron chi connectivity index (χ2n) is 1.23. The van der Waals surface area contributed by atoms with Gasteiger partial charge in [0, 0.05) is 33.5 Å². The minimum Gasteiger partial charge on any atom is -0.260 e. The highest BCUT2D eigenvalue weighted by Crippen LogP contribution is 1.88. The maximum Gasteiger partial charge on any atom is 0.0371 e. The summed E-state index contributed by atoms with van der Waals surface area (Å²) in [5.74, 6) is 1.83. The van der Waals surface area contributed by atoms with E-state index in [-0.39, 0.29) is 0 Å². The van der Waals surface area contributed by atoms with E-state index in [1.165, 1.54) is 0 Å². The Bertz CT molecular complexity index is 70.4. The highest BCUT2D eigenvalue weighted by Gasteiger charge is 1.94. The molecule has 0 aromatic heterocycles. The monoisotopic (exact) mass is 218 g/mol. The summed E-state index contributed by atoms with van der Waals surface area (Å²) >= 11 is 8.51. The number of rotatable bonds is 4. The molecule has 50 valence electrons. The summed E-state index contributed by atoms with van der Waals surface area (Å²) in [6, 6.07) is 0. The third-order valence-electron chi connectivity index (χ3n) is 0.610. The van der Waals surface area contributed by atoms with Crippen molar-refractivity contribution in [3.63, 3.8) is 0 Å². The second-order valence-corrected chi connectivity index (χ2v) is 4.09. The van der Waals surface area contributed by atoms with Crippen LogP contribution in [0.2, 0.25) is 0 Å². The largest absolute Gasteiger partial charge is 0.260 e. The van der Waals surface area contributed by atoms with Gasteiger partial charge >= 0.3 is 0 Å². The van der Waals surface area contributed by atoms with E-state index in [9.17, 15) is 4.21 Å². The number of hydrogen-bond acceptors (Lipinski definition) is 1. The van der Waals surface area contributed by atoms with E-state index in [1.807, 2.05) is 0 Å². The lowest BCUT2D eigenvalue weighted by Crippen LogP contribution is -2.03. The van der Waals surface area contributed by atoms with Crippen molar-refractivity contribution in [3.05, 3.63) is 0 Å². The molecule has 1 nitrogen and oxygen atoms in total. The first-order valence-electron chi connectivity index (χ1n) is 2.28. The summed E-state index contributed by atoms with van der Waals surface area (Å²) in [6.45, 7) is 0. The fraction of sp³-hybridized carbons (Fsp3) is 1.00. The third-order valence-corrected chi connectivity index (χ3v) is 3.26. The van der Waals surface area contributed by atoms with Crippen LogP contribution in [0.15, 0.2) is 0 Å². The summed E-state index contributed by atoms with van der Waals surface area (Å²) < 4.78 is 10.6. The van der Waals surface area contributed by atoms with E-state index in [0.717, 1.165) is 5.33 Å². The molecule has 0 amide bonds. The molecule has 0 saturated carbocycles. The maximum absolute atomic E-state index is 10.6. The SMILES string of the molecule is O=S(CCCl)CCBr. The summed E-state index contributed by atoms with van der Waals surface area (Å²) in [5, 5.41) is 0.802. The predicted octanol–water partition coefficient (Wildman–Crippen LogP) is 1.37. The Morgan fingerprint density at radius 3 is 2.50 bits per heavy atom. The highest BCUT2D eigenvalue weighted by atomic mass is 79.9. The Morgan fingerprint density at radius 2 is 2.12 bits per heavy atom. The Morgan fingerprint density at radius 1 is 1.50 bits per heavy atom. The molecule has 0 aromatic rings. The minimum atomic E-state index is -0.699. The van der Waals surface area contributed by atoms with Gasteiger partial charge in [-0.1, -0.05) is 15.9 Å². The Balaban J connectivity index is 3.06. The van der Waals surface area contributed by atoms with Gasteiger partial charge in [-0.2, -0.15) is 0 Å². The van der Waals surface area contributed by atoms with Crippen molar-refractivity contribution in [1.82, 2.24) is 0 Å². The van der Waals surface area contributed by atoms with Crippen LogP contribution in [-0.2, 0) is 10.8 Å².